The second-order valence-corrected chi connectivity index (χ2v) is 10.9. The molecule has 0 saturated carbocycles. The van der Waals surface area contributed by atoms with E-state index in [1.807, 2.05) is 0 Å². The predicted molar refractivity (Wildman–Crippen MR) is 121 cm³/mol. The summed E-state index contributed by atoms with van der Waals surface area (Å²) in [5, 5.41) is 55.9. The monoisotopic (exact) mass is 502 g/mol. The van der Waals surface area contributed by atoms with Gasteiger partial charge in [0, 0.05) is 12.0 Å². The molecule has 14 heteroatoms. The van der Waals surface area contributed by atoms with E-state index in [1.165, 1.54) is 0 Å². The van der Waals surface area contributed by atoms with Crippen molar-refractivity contribution in [1.82, 2.24) is 0 Å². The van der Waals surface area contributed by atoms with Crippen LogP contribution in [0.5, 0.6) is 0 Å². The fraction of sp³-hybridized carbons (Fsp3) is 0.923. The molecule has 0 aromatic rings. The lowest BCUT2D eigenvalue weighted by Gasteiger charge is -2.40. The van der Waals surface area contributed by atoms with Crippen LogP contribution in [0.25, 0.3) is 0 Å². The Labute approximate surface area is 189 Å². The number of hydrogen-bond acceptors (Lipinski definition) is 14. The molecular formula is C13H26O8S6. The number of hydrogen-bond donors (Lipinski definition) is 10. The fourth-order valence-electron chi connectivity index (χ4n) is 1.33. The van der Waals surface area contributed by atoms with Gasteiger partial charge in [-0.15, -0.1) is 25.3 Å². The summed E-state index contributed by atoms with van der Waals surface area (Å²) < 4.78 is 7.49. The summed E-state index contributed by atoms with van der Waals surface area (Å²) in [6.07, 6.45) is 0. The highest BCUT2D eigenvalue weighted by molar-refractivity contribution is 8.25. The van der Waals surface area contributed by atoms with Crippen LogP contribution in [0.3, 0.4) is 0 Å². The molecule has 0 unspecified atom stereocenters. The molecule has 0 aliphatic rings. The molecule has 27 heavy (non-hydrogen) atoms. The number of thiol groups is 4. The largest absolute Gasteiger partial charge is 0.396 e. The SMILES string of the molecule is OCC(CO)(CO)COSC(=S)C(S)(S)C(S)(S)OCC(CO)(CO)CO. The van der Waals surface area contributed by atoms with Crippen LogP contribution >= 0.6 is 74.8 Å². The first kappa shape index (κ1) is 28.5. The lowest BCUT2D eigenvalue weighted by molar-refractivity contribution is -0.0679. The van der Waals surface area contributed by atoms with Crippen LogP contribution in [0, 0.1) is 10.8 Å². The van der Waals surface area contributed by atoms with Crippen LogP contribution in [0.2, 0.25) is 0 Å². The van der Waals surface area contributed by atoms with Crippen molar-refractivity contribution < 1.29 is 39.6 Å². The molecule has 0 spiro atoms. The van der Waals surface area contributed by atoms with E-state index in [-0.39, 0.29) is 17.4 Å². The molecule has 6 N–H and O–H groups in total. The zero-order chi connectivity index (χ0) is 21.4. The Balaban J connectivity index is 4.96. The summed E-state index contributed by atoms with van der Waals surface area (Å²) in [5.41, 5.74) is -2.56. The quantitative estimate of drug-likeness (QED) is 0.0622. The Hall–Kier alpha value is 1.52. The summed E-state index contributed by atoms with van der Waals surface area (Å²) in [6.45, 7) is -3.67. The number of thiocarbonyl (C=S) groups is 1. The first-order valence-electron chi connectivity index (χ1n) is 7.48. The number of rotatable bonds is 14. The predicted octanol–water partition coefficient (Wildman–Crippen LogP) is -1.01. The third kappa shape index (κ3) is 7.61. The molecular weight excluding hydrogens is 477 g/mol. The fourth-order valence-corrected chi connectivity index (χ4v) is 3.30. The average molecular weight is 503 g/mol. The summed E-state index contributed by atoms with van der Waals surface area (Å²) >= 11 is 22.9. The van der Waals surface area contributed by atoms with Gasteiger partial charge in [0.05, 0.1) is 63.7 Å². The van der Waals surface area contributed by atoms with Crippen molar-refractivity contribution in [2.75, 3.05) is 52.9 Å². The topological polar surface area (TPSA) is 140 Å². The van der Waals surface area contributed by atoms with Crippen LogP contribution in [0.4, 0.5) is 0 Å². The number of aliphatic hydroxyl groups is 6. The molecule has 0 rings (SSSR count). The second kappa shape index (κ2) is 12.4. The standard InChI is InChI=1S/C13H26O8S6/c14-1-10(2-15,3-16)7-20-13(25,26)12(23,24)9(22)27-21-8-11(4-17,5-18)6-19/h14-19,23-26H,1-8H2. The number of aliphatic hydroxyl groups excluding tert-OH is 6. The van der Waals surface area contributed by atoms with Crippen molar-refractivity contribution in [2.24, 2.45) is 10.8 Å². The van der Waals surface area contributed by atoms with E-state index in [4.69, 9.17) is 21.1 Å². The van der Waals surface area contributed by atoms with E-state index in [9.17, 15) is 30.6 Å². The number of ether oxygens (including phenoxy) is 1. The van der Waals surface area contributed by atoms with Crippen LogP contribution < -0.4 is 0 Å². The zero-order valence-corrected chi connectivity index (χ0v) is 19.5. The average Bonchev–Trinajstić information content (AvgIpc) is 2.66. The highest BCUT2D eigenvalue weighted by Crippen LogP contribution is 2.46. The van der Waals surface area contributed by atoms with Crippen LogP contribution in [0.1, 0.15) is 0 Å². The van der Waals surface area contributed by atoms with Crippen molar-refractivity contribution >= 4 is 79.0 Å². The van der Waals surface area contributed by atoms with Crippen LogP contribution in [-0.2, 0) is 8.92 Å². The Morgan fingerprint density at radius 3 is 1.48 bits per heavy atom. The molecule has 0 atom stereocenters. The van der Waals surface area contributed by atoms with E-state index >= 15 is 0 Å². The normalized spacial score (nSPS) is 13.9. The zero-order valence-electron chi connectivity index (χ0n) is 14.3. The summed E-state index contributed by atoms with van der Waals surface area (Å²) in [4.78, 5) is 0. The highest BCUT2D eigenvalue weighted by atomic mass is 32.2. The van der Waals surface area contributed by atoms with Gasteiger partial charge in [0.15, 0.2) is 4.27 Å². The second-order valence-electron chi connectivity index (χ2n) is 6.15. The van der Waals surface area contributed by atoms with E-state index in [0.717, 1.165) is 0 Å². The van der Waals surface area contributed by atoms with Gasteiger partial charge in [-0.1, -0.05) is 12.2 Å². The van der Waals surface area contributed by atoms with Gasteiger partial charge in [-0.2, -0.15) is 25.3 Å². The minimum Gasteiger partial charge on any atom is -0.396 e. The third-order valence-electron chi connectivity index (χ3n) is 3.83. The maximum atomic E-state index is 9.35. The van der Waals surface area contributed by atoms with Crippen molar-refractivity contribution in [3.8, 4) is 0 Å². The molecule has 0 saturated heterocycles. The van der Waals surface area contributed by atoms with E-state index in [0.29, 0.717) is 12.0 Å². The van der Waals surface area contributed by atoms with Gasteiger partial charge in [-0.05, 0) is 0 Å². The third-order valence-corrected chi connectivity index (χ3v) is 8.35. The molecule has 0 bridgehead atoms. The molecule has 0 aromatic carbocycles. The molecule has 0 heterocycles. The van der Waals surface area contributed by atoms with Crippen molar-refractivity contribution in [1.29, 1.82) is 0 Å². The molecule has 0 aliphatic heterocycles. The van der Waals surface area contributed by atoms with Crippen molar-refractivity contribution in [3.05, 3.63) is 0 Å². The molecule has 0 fully saturated rings. The van der Waals surface area contributed by atoms with Gasteiger partial charge >= 0.3 is 0 Å². The van der Waals surface area contributed by atoms with E-state index in [2.05, 4.69) is 50.5 Å². The minimum atomic E-state index is -1.71. The summed E-state index contributed by atoms with van der Waals surface area (Å²) in [6, 6.07) is 0. The summed E-state index contributed by atoms with van der Waals surface area (Å²) in [5.74, 6) is 0. The van der Waals surface area contributed by atoms with Gasteiger partial charge in [0.25, 0.3) is 0 Å². The van der Waals surface area contributed by atoms with Gasteiger partial charge in [0.2, 0.25) is 0 Å². The van der Waals surface area contributed by atoms with E-state index < -0.39 is 58.8 Å². The van der Waals surface area contributed by atoms with Gasteiger partial charge in [0.1, 0.15) is 8.28 Å². The maximum absolute atomic E-state index is 9.35. The molecule has 162 valence electrons. The lowest BCUT2D eigenvalue weighted by atomic mass is 9.93. The summed E-state index contributed by atoms with van der Waals surface area (Å²) in [7, 11) is 0. The van der Waals surface area contributed by atoms with Crippen LogP contribution in [0.15, 0.2) is 0 Å². The van der Waals surface area contributed by atoms with Gasteiger partial charge in [-0.3, -0.25) is 0 Å². The van der Waals surface area contributed by atoms with Gasteiger partial charge in [-0.25, -0.2) is 0 Å². The molecule has 8 nitrogen and oxygen atoms in total. The van der Waals surface area contributed by atoms with Crippen molar-refractivity contribution in [3.63, 3.8) is 0 Å². The lowest BCUT2D eigenvalue weighted by Crippen LogP contribution is -2.48. The van der Waals surface area contributed by atoms with Gasteiger partial charge < -0.3 is 39.6 Å². The smallest absolute Gasteiger partial charge is 0.183 e. The first-order valence-corrected chi connectivity index (χ1v) is 10.4. The first-order chi connectivity index (χ1) is 12.4. The Bertz CT molecular complexity index is 440. The van der Waals surface area contributed by atoms with Crippen LogP contribution in [-0.4, -0.2) is 96.0 Å². The molecule has 0 aliphatic carbocycles. The molecule has 0 radical (unpaired) electrons. The van der Waals surface area contributed by atoms with E-state index in [1.54, 1.807) is 0 Å². The Kier molecular flexibility index (Phi) is 13.1. The minimum absolute atomic E-state index is 0.0180. The van der Waals surface area contributed by atoms with Crippen molar-refractivity contribution in [2.45, 2.75) is 8.34 Å². The Morgan fingerprint density at radius 1 is 0.741 bits per heavy atom. The molecule has 0 aromatic heterocycles. The molecule has 0 amide bonds. The Morgan fingerprint density at radius 2 is 1.11 bits per heavy atom. The maximum Gasteiger partial charge on any atom is 0.183 e. The highest BCUT2D eigenvalue weighted by Gasteiger charge is 2.48.